The van der Waals surface area contributed by atoms with Gasteiger partial charge in [-0.2, -0.15) is 5.26 Å². The first-order valence-corrected chi connectivity index (χ1v) is 5.64. The van der Waals surface area contributed by atoms with Crippen LogP contribution in [0, 0.1) is 22.7 Å². The van der Waals surface area contributed by atoms with E-state index in [2.05, 4.69) is 13.0 Å². The smallest absolute Gasteiger partial charge is 0.0855 e. The van der Waals surface area contributed by atoms with Crippen molar-refractivity contribution in [3.63, 3.8) is 0 Å². The minimum Gasteiger partial charge on any atom is -0.388 e. The molecule has 1 saturated carbocycles. The van der Waals surface area contributed by atoms with E-state index in [1.165, 1.54) is 6.42 Å². The highest BCUT2D eigenvalue weighted by molar-refractivity contribution is 5.11. The van der Waals surface area contributed by atoms with E-state index in [4.69, 9.17) is 0 Å². The lowest BCUT2D eigenvalue weighted by Crippen LogP contribution is -2.52. The monoisotopic (exact) mass is 195 g/mol. The maximum Gasteiger partial charge on any atom is 0.0855 e. The van der Waals surface area contributed by atoms with Gasteiger partial charge in [-0.3, -0.25) is 0 Å². The molecule has 3 unspecified atom stereocenters. The van der Waals surface area contributed by atoms with Crippen LogP contribution in [0.15, 0.2) is 0 Å². The number of rotatable bonds is 2. The third-order valence-electron chi connectivity index (χ3n) is 4.17. The number of nitriles is 1. The van der Waals surface area contributed by atoms with Crippen molar-refractivity contribution in [3.8, 4) is 6.07 Å². The van der Waals surface area contributed by atoms with Gasteiger partial charge in [-0.05, 0) is 32.1 Å². The Kier molecular flexibility index (Phi) is 3.21. The van der Waals surface area contributed by atoms with Crippen molar-refractivity contribution in [2.24, 2.45) is 11.3 Å². The summed E-state index contributed by atoms with van der Waals surface area (Å²) < 4.78 is 0. The maximum atomic E-state index is 10.6. The van der Waals surface area contributed by atoms with E-state index >= 15 is 0 Å². The molecule has 80 valence electrons. The van der Waals surface area contributed by atoms with Gasteiger partial charge in [0.1, 0.15) is 0 Å². The molecule has 0 saturated heterocycles. The van der Waals surface area contributed by atoms with Gasteiger partial charge in [-0.15, -0.1) is 0 Å². The fourth-order valence-corrected chi connectivity index (χ4v) is 2.63. The van der Waals surface area contributed by atoms with Crippen LogP contribution in [-0.4, -0.2) is 10.7 Å². The van der Waals surface area contributed by atoms with E-state index in [9.17, 15) is 10.4 Å². The van der Waals surface area contributed by atoms with Crippen molar-refractivity contribution in [1.82, 2.24) is 0 Å². The molecule has 0 aliphatic heterocycles. The van der Waals surface area contributed by atoms with E-state index in [0.29, 0.717) is 0 Å². The maximum absolute atomic E-state index is 10.6. The van der Waals surface area contributed by atoms with E-state index < -0.39 is 11.0 Å². The van der Waals surface area contributed by atoms with Crippen LogP contribution < -0.4 is 0 Å². The van der Waals surface area contributed by atoms with Crippen molar-refractivity contribution in [3.05, 3.63) is 0 Å². The third kappa shape index (κ3) is 1.54. The second-order valence-corrected chi connectivity index (χ2v) is 4.87. The van der Waals surface area contributed by atoms with E-state index in [-0.39, 0.29) is 5.92 Å². The van der Waals surface area contributed by atoms with Crippen molar-refractivity contribution >= 4 is 0 Å². The summed E-state index contributed by atoms with van der Waals surface area (Å²) in [5, 5.41) is 19.8. The van der Waals surface area contributed by atoms with Gasteiger partial charge in [0.05, 0.1) is 17.1 Å². The Balaban J connectivity index is 2.96. The molecule has 0 aromatic rings. The Bertz CT molecular complexity index is 245. The highest BCUT2D eigenvalue weighted by Crippen LogP contribution is 2.47. The minimum atomic E-state index is -0.769. The zero-order chi connectivity index (χ0) is 10.8. The lowest BCUT2D eigenvalue weighted by molar-refractivity contribution is -0.114. The summed E-state index contributed by atoms with van der Waals surface area (Å²) in [6.45, 7) is 5.96. The second kappa shape index (κ2) is 3.90. The SMILES string of the molecule is CCC(C)(C#N)C1(O)CCCCC1C. The third-order valence-corrected chi connectivity index (χ3v) is 4.17. The zero-order valence-electron chi connectivity index (χ0n) is 9.51. The molecule has 3 atom stereocenters. The Morgan fingerprint density at radius 1 is 1.57 bits per heavy atom. The fraction of sp³-hybridized carbons (Fsp3) is 0.917. The van der Waals surface area contributed by atoms with Crippen molar-refractivity contribution in [1.29, 1.82) is 5.26 Å². The highest BCUT2D eigenvalue weighted by atomic mass is 16.3. The molecule has 0 heterocycles. The first kappa shape index (κ1) is 11.5. The minimum absolute atomic E-state index is 0.251. The molecule has 0 aromatic heterocycles. The quantitative estimate of drug-likeness (QED) is 0.736. The average molecular weight is 195 g/mol. The lowest BCUT2D eigenvalue weighted by Gasteiger charge is -2.47. The summed E-state index contributed by atoms with van der Waals surface area (Å²) in [6.07, 6.45) is 4.80. The van der Waals surface area contributed by atoms with Gasteiger partial charge in [0, 0.05) is 0 Å². The molecule has 1 aliphatic carbocycles. The molecule has 0 spiro atoms. The summed E-state index contributed by atoms with van der Waals surface area (Å²) in [6, 6.07) is 2.32. The molecule has 0 radical (unpaired) electrons. The van der Waals surface area contributed by atoms with Gasteiger partial charge >= 0.3 is 0 Å². The van der Waals surface area contributed by atoms with Crippen LogP contribution >= 0.6 is 0 Å². The molecule has 2 nitrogen and oxygen atoms in total. The average Bonchev–Trinajstić information content (AvgIpc) is 2.21. The molecule has 2 heteroatoms. The molecular formula is C12H21NO. The van der Waals surface area contributed by atoms with Crippen LogP contribution in [0.4, 0.5) is 0 Å². The van der Waals surface area contributed by atoms with Gasteiger partial charge in [0.15, 0.2) is 0 Å². The van der Waals surface area contributed by atoms with Crippen LogP contribution in [0.25, 0.3) is 0 Å². The topological polar surface area (TPSA) is 44.0 Å². The molecule has 0 aromatic carbocycles. The number of hydrogen-bond donors (Lipinski definition) is 1. The first-order valence-electron chi connectivity index (χ1n) is 5.64. The van der Waals surface area contributed by atoms with E-state index in [1.54, 1.807) is 0 Å². The van der Waals surface area contributed by atoms with Gasteiger partial charge in [-0.25, -0.2) is 0 Å². The van der Waals surface area contributed by atoms with E-state index in [1.807, 2.05) is 13.8 Å². The molecular weight excluding hydrogens is 174 g/mol. The van der Waals surface area contributed by atoms with Crippen LogP contribution in [0.5, 0.6) is 0 Å². The summed E-state index contributed by atoms with van der Waals surface area (Å²) in [4.78, 5) is 0. The number of hydrogen-bond acceptors (Lipinski definition) is 2. The van der Waals surface area contributed by atoms with Crippen LogP contribution in [0.2, 0.25) is 0 Å². The van der Waals surface area contributed by atoms with Crippen molar-refractivity contribution in [2.75, 3.05) is 0 Å². The lowest BCUT2D eigenvalue weighted by atomic mass is 9.61. The summed E-state index contributed by atoms with van der Waals surface area (Å²) in [5.41, 5.74) is -1.35. The van der Waals surface area contributed by atoms with Crippen LogP contribution in [-0.2, 0) is 0 Å². The molecule has 1 N–H and O–H groups in total. The molecule has 1 aliphatic rings. The standard InChI is InChI=1S/C12H21NO/c1-4-11(3,9-13)12(14)8-6-5-7-10(12)2/h10,14H,4-8H2,1-3H3. The summed E-state index contributed by atoms with van der Waals surface area (Å²) >= 11 is 0. The molecule has 0 amide bonds. The summed E-state index contributed by atoms with van der Waals surface area (Å²) in [5.74, 6) is 0.251. The molecule has 0 bridgehead atoms. The molecule has 14 heavy (non-hydrogen) atoms. The normalized spacial score (nSPS) is 37.2. The molecule has 1 rings (SSSR count). The predicted octanol–water partition coefficient (Wildman–Crippen LogP) is 2.87. The Morgan fingerprint density at radius 3 is 2.64 bits per heavy atom. The van der Waals surface area contributed by atoms with Gasteiger partial charge in [-0.1, -0.05) is 26.7 Å². The largest absolute Gasteiger partial charge is 0.388 e. The van der Waals surface area contributed by atoms with Gasteiger partial charge < -0.3 is 5.11 Å². The Hall–Kier alpha value is -0.550. The van der Waals surface area contributed by atoms with Gasteiger partial charge in [0.2, 0.25) is 0 Å². The Morgan fingerprint density at radius 2 is 2.21 bits per heavy atom. The van der Waals surface area contributed by atoms with Crippen molar-refractivity contribution < 1.29 is 5.11 Å². The molecule has 1 fully saturated rings. The van der Waals surface area contributed by atoms with Crippen LogP contribution in [0.1, 0.15) is 52.9 Å². The predicted molar refractivity (Wildman–Crippen MR) is 56.6 cm³/mol. The van der Waals surface area contributed by atoms with Crippen molar-refractivity contribution in [2.45, 2.75) is 58.5 Å². The Labute approximate surface area is 86.9 Å². The zero-order valence-corrected chi connectivity index (χ0v) is 9.51. The fourth-order valence-electron chi connectivity index (χ4n) is 2.63. The van der Waals surface area contributed by atoms with E-state index in [0.717, 1.165) is 25.7 Å². The summed E-state index contributed by atoms with van der Waals surface area (Å²) in [7, 11) is 0. The number of nitrogens with zero attached hydrogens (tertiary/aromatic N) is 1. The van der Waals surface area contributed by atoms with Gasteiger partial charge in [0.25, 0.3) is 0 Å². The number of aliphatic hydroxyl groups is 1. The highest BCUT2D eigenvalue weighted by Gasteiger charge is 2.50. The van der Waals surface area contributed by atoms with Crippen LogP contribution in [0.3, 0.4) is 0 Å². The first-order chi connectivity index (χ1) is 6.50. The second-order valence-electron chi connectivity index (χ2n) is 4.87.